The molecule has 1 aliphatic rings. The van der Waals surface area contributed by atoms with Crippen LogP contribution in [0.25, 0.3) is 5.69 Å². The molecule has 98 valence electrons. The number of fused-ring (bicyclic) bond motifs is 1. The lowest BCUT2D eigenvalue weighted by molar-refractivity contribution is 0.0579. The molecule has 4 nitrogen and oxygen atoms in total. The fraction of sp³-hybridized carbons (Fsp3) is 0.333. The number of para-hydroxylation sites is 1. The molecule has 1 aromatic heterocycles. The Kier molecular flexibility index (Phi) is 2.49. The molecule has 2 aromatic rings. The van der Waals surface area contributed by atoms with Crippen LogP contribution in [0, 0.1) is 6.92 Å². The Morgan fingerprint density at radius 2 is 1.95 bits per heavy atom. The second-order valence-electron chi connectivity index (χ2n) is 5.47. The van der Waals surface area contributed by atoms with Gasteiger partial charge in [0.15, 0.2) is 5.78 Å². The molecule has 0 spiro atoms. The summed E-state index contributed by atoms with van der Waals surface area (Å²) in [5.74, 6) is 0.663. The first-order chi connectivity index (χ1) is 8.98. The van der Waals surface area contributed by atoms with Crippen molar-refractivity contribution in [2.75, 3.05) is 0 Å². The molecule has 1 aliphatic heterocycles. The number of hydrogen-bond donors (Lipinski definition) is 0. The zero-order chi connectivity index (χ0) is 13.6. The van der Waals surface area contributed by atoms with Crippen LogP contribution >= 0.6 is 0 Å². The summed E-state index contributed by atoms with van der Waals surface area (Å²) in [6.45, 7) is 5.69. The first-order valence-corrected chi connectivity index (χ1v) is 6.35. The normalized spacial score (nSPS) is 16.9. The first kappa shape index (κ1) is 12.0. The van der Waals surface area contributed by atoms with Crippen LogP contribution < -0.4 is 4.74 Å². The van der Waals surface area contributed by atoms with Gasteiger partial charge in [-0.25, -0.2) is 4.68 Å². The number of ketones is 1. The molecule has 1 aromatic carbocycles. The van der Waals surface area contributed by atoms with E-state index >= 15 is 0 Å². The van der Waals surface area contributed by atoms with Gasteiger partial charge in [-0.2, -0.15) is 5.10 Å². The monoisotopic (exact) mass is 256 g/mol. The Morgan fingerprint density at radius 1 is 1.26 bits per heavy atom. The van der Waals surface area contributed by atoms with Gasteiger partial charge in [0.25, 0.3) is 0 Å². The summed E-state index contributed by atoms with van der Waals surface area (Å²) in [5, 5.41) is 4.45. The maximum atomic E-state index is 12.2. The zero-order valence-corrected chi connectivity index (χ0v) is 11.3. The second kappa shape index (κ2) is 3.95. The largest absolute Gasteiger partial charge is 0.471 e. The third-order valence-electron chi connectivity index (χ3n) is 3.26. The average Bonchev–Trinajstić information content (AvgIpc) is 2.66. The van der Waals surface area contributed by atoms with Crippen molar-refractivity contribution in [1.29, 1.82) is 0 Å². The molecule has 0 fully saturated rings. The van der Waals surface area contributed by atoms with Gasteiger partial charge in [-0.05, 0) is 32.9 Å². The van der Waals surface area contributed by atoms with Crippen LogP contribution in [0.1, 0.15) is 36.3 Å². The van der Waals surface area contributed by atoms with Crippen molar-refractivity contribution in [3.63, 3.8) is 0 Å². The molecule has 0 unspecified atom stereocenters. The van der Waals surface area contributed by atoms with Crippen molar-refractivity contribution >= 4 is 5.78 Å². The first-order valence-electron chi connectivity index (χ1n) is 6.35. The molecule has 0 saturated heterocycles. The quantitative estimate of drug-likeness (QED) is 0.788. The predicted molar refractivity (Wildman–Crippen MR) is 72.0 cm³/mol. The van der Waals surface area contributed by atoms with Crippen LogP contribution in [0.3, 0.4) is 0 Å². The van der Waals surface area contributed by atoms with E-state index in [1.54, 1.807) is 4.68 Å². The zero-order valence-electron chi connectivity index (χ0n) is 11.3. The van der Waals surface area contributed by atoms with Crippen LogP contribution in [0.4, 0.5) is 0 Å². The third-order valence-corrected chi connectivity index (χ3v) is 3.26. The number of aromatic nitrogens is 2. The van der Waals surface area contributed by atoms with Gasteiger partial charge in [-0.15, -0.1) is 0 Å². The van der Waals surface area contributed by atoms with Gasteiger partial charge in [-0.3, -0.25) is 4.79 Å². The smallest absolute Gasteiger partial charge is 0.228 e. The Bertz CT molecular complexity index is 642. The molecule has 0 atom stereocenters. The summed E-state index contributed by atoms with van der Waals surface area (Å²) in [6.07, 6.45) is 0.390. The molecule has 0 aliphatic carbocycles. The standard InChI is InChI=1S/C15H16N2O2/c1-10-13-12(18)9-15(2,3)19-14(13)17(16-10)11-7-5-4-6-8-11/h4-8H,9H2,1-3H3. The van der Waals surface area contributed by atoms with Crippen LogP contribution in [0.15, 0.2) is 30.3 Å². The third kappa shape index (κ3) is 1.93. The van der Waals surface area contributed by atoms with E-state index in [1.807, 2.05) is 51.1 Å². The fourth-order valence-corrected chi connectivity index (χ4v) is 2.44. The van der Waals surface area contributed by atoms with Gasteiger partial charge in [-0.1, -0.05) is 18.2 Å². The highest BCUT2D eigenvalue weighted by Gasteiger charge is 2.37. The summed E-state index contributed by atoms with van der Waals surface area (Å²) in [5.41, 5.74) is 1.75. The highest BCUT2D eigenvalue weighted by atomic mass is 16.5. The Balaban J connectivity index is 2.20. The molecule has 3 rings (SSSR count). The summed E-state index contributed by atoms with van der Waals surface area (Å²) < 4.78 is 7.69. The van der Waals surface area contributed by atoms with Crippen molar-refractivity contribution in [2.45, 2.75) is 32.8 Å². The van der Waals surface area contributed by atoms with Crippen molar-refractivity contribution < 1.29 is 9.53 Å². The summed E-state index contributed by atoms with van der Waals surface area (Å²) in [7, 11) is 0. The maximum Gasteiger partial charge on any atom is 0.228 e. The van der Waals surface area contributed by atoms with Gasteiger partial charge in [0.05, 0.1) is 17.8 Å². The highest BCUT2D eigenvalue weighted by Crippen LogP contribution is 2.36. The maximum absolute atomic E-state index is 12.2. The lowest BCUT2D eigenvalue weighted by atomic mass is 9.94. The number of ether oxygens (including phenoxy) is 1. The van der Waals surface area contributed by atoms with Crippen molar-refractivity contribution in [3.05, 3.63) is 41.6 Å². The van der Waals surface area contributed by atoms with Crippen molar-refractivity contribution in [2.24, 2.45) is 0 Å². The number of carbonyl (C=O) groups excluding carboxylic acids is 1. The van der Waals surface area contributed by atoms with E-state index in [-0.39, 0.29) is 5.78 Å². The minimum absolute atomic E-state index is 0.103. The molecule has 0 N–H and O–H groups in total. The van der Waals surface area contributed by atoms with Gasteiger partial charge >= 0.3 is 0 Å². The fourth-order valence-electron chi connectivity index (χ4n) is 2.44. The number of rotatable bonds is 1. The number of benzene rings is 1. The molecule has 0 bridgehead atoms. The summed E-state index contributed by atoms with van der Waals surface area (Å²) >= 11 is 0. The predicted octanol–water partition coefficient (Wildman–Crippen LogP) is 2.92. The minimum Gasteiger partial charge on any atom is -0.471 e. The number of aryl methyl sites for hydroxylation is 1. The number of carbonyl (C=O) groups is 1. The molecule has 0 saturated carbocycles. The van der Waals surface area contributed by atoms with Gasteiger partial charge in [0.1, 0.15) is 11.2 Å². The summed E-state index contributed by atoms with van der Waals surface area (Å²) in [4.78, 5) is 12.2. The Morgan fingerprint density at radius 3 is 2.63 bits per heavy atom. The van der Waals surface area contributed by atoms with E-state index in [4.69, 9.17) is 4.74 Å². The molecule has 19 heavy (non-hydrogen) atoms. The SMILES string of the molecule is Cc1nn(-c2ccccc2)c2c1C(=O)CC(C)(C)O2. The molecule has 2 heterocycles. The van der Waals surface area contributed by atoms with Crippen LogP contribution in [0.5, 0.6) is 5.88 Å². The van der Waals surface area contributed by atoms with E-state index in [0.717, 1.165) is 11.4 Å². The summed E-state index contributed by atoms with van der Waals surface area (Å²) in [6, 6.07) is 9.72. The van der Waals surface area contributed by atoms with E-state index in [1.165, 1.54) is 0 Å². The molecule has 4 heteroatoms. The van der Waals surface area contributed by atoms with Gasteiger partial charge < -0.3 is 4.74 Å². The van der Waals surface area contributed by atoms with Gasteiger partial charge in [0.2, 0.25) is 5.88 Å². The van der Waals surface area contributed by atoms with Crippen molar-refractivity contribution in [3.8, 4) is 11.6 Å². The molecular weight excluding hydrogens is 240 g/mol. The highest BCUT2D eigenvalue weighted by molar-refractivity contribution is 6.01. The minimum atomic E-state index is -0.483. The number of nitrogens with zero attached hydrogens (tertiary/aromatic N) is 2. The van der Waals surface area contributed by atoms with Crippen LogP contribution in [0.2, 0.25) is 0 Å². The van der Waals surface area contributed by atoms with E-state index in [9.17, 15) is 4.79 Å². The van der Waals surface area contributed by atoms with Crippen molar-refractivity contribution in [1.82, 2.24) is 9.78 Å². The van der Waals surface area contributed by atoms with E-state index in [0.29, 0.717) is 17.9 Å². The lowest BCUT2D eigenvalue weighted by Gasteiger charge is -2.30. The van der Waals surface area contributed by atoms with Gasteiger partial charge in [0, 0.05) is 0 Å². The Hall–Kier alpha value is -2.10. The average molecular weight is 256 g/mol. The van der Waals surface area contributed by atoms with E-state index < -0.39 is 5.60 Å². The topological polar surface area (TPSA) is 44.1 Å². The Labute approximate surface area is 112 Å². The van der Waals surface area contributed by atoms with E-state index in [2.05, 4.69) is 5.10 Å². The second-order valence-corrected chi connectivity index (χ2v) is 5.47. The lowest BCUT2D eigenvalue weighted by Crippen LogP contribution is -2.36. The molecule has 0 radical (unpaired) electrons. The number of hydrogen-bond acceptors (Lipinski definition) is 3. The number of Topliss-reactive ketones (excluding diaryl/α,β-unsaturated/α-hetero) is 1. The van der Waals surface area contributed by atoms with Crippen LogP contribution in [-0.2, 0) is 0 Å². The van der Waals surface area contributed by atoms with Crippen LogP contribution in [-0.4, -0.2) is 21.2 Å². The molecule has 0 amide bonds. The molecular formula is C15H16N2O2.